The van der Waals surface area contributed by atoms with Gasteiger partial charge in [-0.05, 0) is 35.1 Å². The highest BCUT2D eigenvalue weighted by Gasteiger charge is 2.16. The second kappa shape index (κ2) is 9.92. The van der Waals surface area contributed by atoms with Gasteiger partial charge in [0.1, 0.15) is 0 Å². The molecule has 4 rings (SSSR count). The summed E-state index contributed by atoms with van der Waals surface area (Å²) in [5, 5.41) is 0. The zero-order valence-electron chi connectivity index (χ0n) is 17.2. The molecule has 146 valence electrons. The maximum Gasteiger partial charge on any atom is 0.00272 e. The summed E-state index contributed by atoms with van der Waals surface area (Å²) in [7, 11) is 0. The van der Waals surface area contributed by atoms with Gasteiger partial charge in [0.25, 0.3) is 0 Å². The number of unbranched alkanes of at least 4 members (excludes halogenated alkanes) is 7. The Hall–Kier alpha value is -2.08. The average molecular weight is 371 g/mol. The fourth-order valence-electron chi connectivity index (χ4n) is 4.94. The van der Waals surface area contributed by atoms with Gasteiger partial charge in [0.2, 0.25) is 0 Å². The third kappa shape index (κ3) is 4.85. The molecule has 0 nitrogen and oxygen atoms in total. The second-order valence-electron chi connectivity index (χ2n) is 8.59. The molecule has 0 heteroatoms. The molecule has 0 saturated carbocycles. The van der Waals surface area contributed by atoms with Crippen LogP contribution in [0.2, 0.25) is 0 Å². The molecule has 0 N–H and O–H groups in total. The molecule has 0 aliphatic heterocycles. The quantitative estimate of drug-likeness (QED) is 0.348. The highest BCUT2D eigenvalue weighted by Crippen LogP contribution is 2.34. The predicted molar refractivity (Wildman–Crippen MR) is 123 cm³/mol. The third-order valence-electron chi connectivity index (χ3n) is 6.59. The fraction of sp³-hybridized carbons (Fsp3) is 0.429. The Balaban J connectivity index is 1.01. The summed E-state index contributed by atoms with van der Waals surface area (Å²) < 4.78 is 0. The Bertz CT molecular complexity index is 741. The lowest BCUT2D eigenvalue weighted by atomic mass is 9.94. The van der Waals surface area contributed by atoms with E-state index in [1.54, 1.807) is 11.1 Å². The summed E-state index contributed by atoms with van der Waals surface area (Å²) in [6.07, 6.45) is 23.3. The van der Waals surface area contributed by atoms with Crippen molar-refractivity contribution >= 4 is 12.2 Å². The minimum absolute atomic E-state index is 0.672. The molecule has 0 aromatic heterocycles. The van der Waals surface area contributed by atoms with Crippen LogP contribution in [0, 0.1) is 0 Å². The van der Waals surface area contributed by atoms with E-state index in [1.165, 1.54) is 75.3 Å². The van der Waals surface area contributed by atoms with Crippen LogP contribution in [0.4, 0.5) is 0 Å². The van der Waals surface area contributed by atoms with Crippen molar-refractivity contribution < 1.29 is 0 Å². The summed E-state index contributed by atoms with van der Waals surface area (Å²) in [6, 6.07) is 17.8. The monoisotopic (exact) mass is 370 g/mol. The molecule has 0 fully saturated rings. The molecule has 0 heterocycles. The maximum absolute atomic E-state index is 2.41. The first-order valence-electron chi connectivity index (χ1n) is 11.5. The largest absolute Gasteiger partial charge is 0.0764 e. The first-order chi connectivity index (χ1) is 13.9. The fourth-order valence-corrected chi connectivity index (χ4v) is 4.94. The topological polar surface area (TPSA) is 0 Å². The molecule has 2 aliphatic carbocycles. The van der Waals surface area contributed by atoms with Crippen molar-refractivity contribution in [2.75, 3.05) is 0 Å². The summed E-state index contributed by atoms with van der Waals surface area (Å²) in [5.41, 5.74) is 5.96. The number of hydrogen-bond donors (Lipinski definition) is 0. The Morgan fingerprint density at radius 1 is 0.464 bits per heavy atom. The van der Waals surface area contributed by atoms with Crippen molar-refractivity contribution in [2.24, 2.45) is 0 Å². The maximum atomic E-state index is 2.41. The SMILES string of the molecule is C1=CC(CCCCCCCCCCC2C=Cc3ccccc32)c2ccccc21. The smallest absolute Gasteiger partial charge is 0.00272 e. The Morgan fingerprint density at radius 3 is 1.32 bits per heavy atom. The molecular weight excluding hydrogens is 336 g/mol. The normalized spacial score (nSPS) is 19.1. The van der Waals surface area contributed by atoms with Gasteiger partial charge in [-0.25, -0.2) is 0 Å². The van der Waals surface area contributed by atoms with Crippen molar-refractivity contribution in [3.63, 3.8) is 0 Å². The molecular formula is C28H34. The molecule has 2 aromatic rings. The molecule has 2 unspecified atom stereocenters. The van der Waals surface area contributed by atoms with E-state index in [-0.39, 0.29) is 0 Å². The molecule has 2 aromatic carbocycles. The molecule has 0 amide bonds. The van der Waals surface area contributed by atoms with Crippen LogP contribution in [0.25, 0.3) is 12.2 Å². The number of allylic oxidation sites excluding steroid dienone is 2. The molecule has 0 saturated heterocycles. The van der Waals surface area contributed by atoms with Crippen LogP contribution in [0.3, 0.4) is 0 Å². The number of rotatable bonds is 11. The molecule has 0 radical (unpaired) electrons. The lowest BCUT2D eigenvalue weighted by Gasteiger charge is -2.11. The van der Waals surface area contributed by atoms with E-state index < -0.39 is 0 Å². The minimum atomic E-state index is 0.672. The molecule has 28 heavy (non-hydrogen) atoms. The molecule has 2 aliphatic rings. The van der Waals surface area contributed by atoms with Crippen LogP contribution in [-0.4, -0.2) is 0 Å². The third-order valence-corrected chi connectivity index (χ3v) is 6.59. The number of benzene rings is 2. The van der Waals surface area contributed by atoms with Crippen molar-refractivity contribution in [1.82, 2.24) is 0 Å². The standard InChI is InChI=1S/C28H34/c1(3-5-7-13-23-19-21-25-15-9-11-17-27(23)25)2-4-6-8-14-24-20-22-26-16-10-12-18-28(24)26/h9-12,15-24H,1-8,13-14H2. The van der Waals surface area contributed by atoms with Crippen molar-refractivity contribution in [3.8, 4) is 0 Å². The van der Waals surface area contributed by atoms with Crippen LogP contribution < -0.4 is 0 Å². The van der Waals surface area contributed by atoms with E-state index in [0.29, 0.717) is 11.8 Å². The Labute approximate surface area is 171 Å². The number of hydrogen-bond acceptors (Lipinski definition) is 0. The average Bonchev–Trinajstić information content (AvgIpc) is 3.34. The Kier molecular flexibility index (Phi) is 6.82. The predicted octanol–water partition coefficient (Wildman–Crippen LogP) is 8.51. The minimum Gasteiger partial charge on any atom is -0.0764 e. The van der Waals surface area contributed by atoms with Gasteiger partial charge in [-0.15, -0.1) is 0 Å². The molecule has 2 atom stereocenters. The molecule has 0 spiro atoms. The van der Waals surface area contributed by atoms with E-state index in [2.05, 4.69) is 72.8 Å². The van der Waals surface area contributed by atoms with Crippen molar-refractivity contribution in [1.29, 1.82) is 0 Å². The first-order valence-corrected chi connectivity index (χ1v) is 11.5. The summed E-state index contributed by atoms with van der Waals surface area (Å²) >= 11 is 0. The van der Waals surface area contributed by atoms with Crippen LogP contribution in [-0.2, 0) is 0 Å². The van der Waals surface area contributed by atoms with Crippen LogP contribution in [0.15, 0.2) is 60.7 Å². The summed E-state index contributed by atoms with van der Waals surface area (Å²) in [5.74, 6) is 1.34. The highest BCUT2D eigenvalue weighted by molar-refractivity contribution is 5.62. The van der Waals surface area contributed by atoms with E-state index in [9.17, 15) is 0 Å². The highest BCUT2D eigenvalue weighted by atomic mass is 14.2. The lowest BCUT2D eigenvalue weighted by molar-refractivity contribution is 0.539. The van der Waals surface area contributed by atoms with Gasteiger partial charge in [0.15, 0.2) is 0 Å². The van der Waals surface area contributed by atoms with E-state index in [0.717, 1.165) is 0 Å². The van der Waals surface area contributed by atoms with Crippen molar-refractivity contribution in [3.05, 3.63) is 82.9 Å². The lowest BCUT2D eigenvalue weighted by Crippen LogP contribution is -1.94. The van der Waals surface area contributed by atoms with E-state index >= 15 is 0 Å². The van der Waals surface area contributed by atoms with Gasteiger partial charge in [-0.2, -0.15) is 0 Å². The molecule has 0 bridgehead atoms. The second-order valence-corrected chi connectivity index (χ2v) is 8.59. The van der Waals surface area contributed by atoms with Gasteiger partial charge < -0.3 is 0 Å². The van der Waals surface area contributed by atoms with Crippen LogP contribution in [0.5, 0.6) is 0 Å². The van der Waals surface area contributed by atoms with Gasteiger partial charge in [0, 0.05) is 11.8 Å². The van der Waals surface area contributed by atoms with Crippen molar-refractivity contribution in [2.45, 2.75) is 76.0 Å². The van der Waals surface area contributed by atoms with Crippen LogP contribution in [0.1, 0.15) is 98.3 Å². The van der Waals surface area contributed by atoms with Gasteiger partial charge in [0.05, 0.1) is 0 Å². The summed E-state index contributed by atoms with van der Waals surface area (Å²) in [4.78, 5) is 0. The van der Waals surface area contributed by atoms with Gasteiger partial charge >= 0.3 is 0 Å². The zero-order valence-corrected chi connectivity index (χ0v) is 17.2. The van der Waals surface area contributed by atoms with Gasteiger partial charge in [-0.1, -0.05) is 124 Å². The zero-order chi connectivity index (χ0) is 19.0. The van der Waals surface area contributed by atoms with E-state index in [4.69, 9.17) is 0 Å². The first kappa shape index (κ1) is 19.2. The van der Waals surface area contributed by atoms with Gasteiger partial charge in [-0.3, -0.25) is 0 Å². The van der Waals surface area contributed by atoms with Crippen LogP contribution >= 0.6 is 0 Å². The summed E-state index contributed by atoms with van der Waals surface area (Å²) in [6.45, 7) is 0. The number of fused-ring (bicyclic) bond motifs is 2. The Morgan fingerprint density at radius 2 is 0.857 bits per heavy atom. The van der Waals surface area contributed by atoms with E-state index in [1.807, 2.05) is 0 Å².